The number of hydrogen-bond acceptors (Lipinski definition) is 7. The number of aromatic hydroxyl groups is 1. The van der Waals surface area contributed by atoms with Gasteiger partial charge in [0.25, 0.3) is 5.91 Å². The van der Waals surface area contributed by atoms with E-state index in [1.165, 1.54) is 17.4 Å². The van der Waals surface area contributed by atoms with E-state index in [0.717, 1.165) is 17.2 Å². The second-order valence-corrected chi connectivity index (χ2v) is 7.75. The van der Waals surface area contributed by atoms with Gasteiger partial charge >= 0.3 is 5.69 Å². The summed E-state index contributed by atoms with van der Waals surface area (Å²) in [5.74, 6) is -1.09. The fourth-order valence-electron chi connectivity index (χ4n) is 2.98. The molecule has 0 aliphatic carbocycles. The van der Waals surface area contributed by atoms with Crippen LogP contribution in [0.2, 0.25) is 5.02 Å². The van der Waals surface area contributed by atoms with Crippen LogP contribution in [-0.4, -0.2) is 27.1 Å². The fourth-order valence-corrected chi connectivity index (χ4v) is 3.88. The fraction of sp³-hybridized carbons (Fsp3) is 0. The first-order chi connectivity index (χ1) is 14.9. The van der Waals surface area contributed by atoms with Crippen LogP contribution in [-0.2, 0) is 0 Å². The van der Waals surface area contributed by atoms with Crippen LogP contribution in [0.25, 0.3) is 21.5 Å². The smallest absolute Gasteiger partial charge is 0.312 e. The van der Waals surface area contributed by atoms with Crippen LogP contribution >= 0.6 is 22.9 Å². The van der Waals surface area contributed by atoms with Crippen molar-refractivity contribution in [1.29, 1.82) is 0 Å². The molecule has 0 spiro atoms. The molecule has 8 nitrogen and oxygen atoms in total. The number of pyridine rings is 1. The molecule has 0 aliphatic heterocycles. The number of thiophene rings is 1. The van der Waals surface area contributed by atoms with Crippen molar-refractivity contribution < 1.29 is 14.8 Å². The summed E-state index contributed by atoms with van der Waals surface area (Å²) in [4.78, 5) is 28.6. The molecule has 0 atom stereocenters. The lowest BCUT2D eigenvalue weighted by Gasteiger charge is -2.08. The minimum absolute atomic E-state index is 0.00152. The molecule has 2 heterocycles. The second kappa shape index (κ2) is 8.50. The Hall–Kier alpha value is -3.82. The molecule has 0 bridgehead atoms. The molecular weight excluding hydrogens is 440 g/mol. The van der Waals surface area contributed by atoms with E-state index in [1.54, 1.807) is 18.2 Å². The number of phenolic OH excluding ortho intramolecular Hbond substituents is 1. The van der Waals surface area contributed by atoms with Crippen LogP contribution in [0.1, 0.15) is 15.9 Å². The lowest BCUT2D eigenvalue weighted by atomic mass is 10.1. The highest BCUT2D eigenvalue weighted by Gasteiger charge is 2.18. The molecule has 2 aromatic carbocycles. The average molecular weight is 453 g/mol. The van der Waals surface area contributed by atoms with Crippen LogP contribution < -0.4 is 5.43 Å². The Balaban J connectivity index is 1.66. The third kappa shape index (κ3) is 4.23. The minimum atomic E-state index is -0.758. The summed E-state index contributed by atoms with van der Waals surface area (Å²) in [5.41, 5.74) is 3.52. The maximum absolute atomic E-state index is 12.9. The van der Waals surface area contributed by atoms with E-state index in [1.807, 2.05) is 29.6 Å². The summed E-state index contributed by atoms with van der Waals surface area (Å²) in [6.45, 7) is 0. The number of hydrazone groups is 1. The molecule has 2 aromatic heterocycles. The van der Waals surface area contributed by atoms with Crippen molar-refractivity contribution in [3.8, 4) is 16.3 Å². The van der Waals surface area contributed by atoms with E-state index in [9.17, 15) is 20.0 Å². The zero-order chi connectivity index (χ0) is 22.0. The number of nitrogens with one attached hydrogen (secondary N) is 1. The number of rotatable bonds is 5. The number of amides is 1. The quantitative estimate of drug-likeness (QED) is 0.251. The van der Waals surface area contributed by atoms with Crippen molar-refractivity contribution in [3.63, 3.8) is 0 Å². The van der Waals surface area contributed by atoms with Crippen molar-refractivity contribution in [2.75, 3.05) is 0 Å². The van der Waals surface area contributed by atoms with E-state index in [4.69, 9.17) is 11.6 Å². The Morgan fingerprint density at radius 2 is 2.03 bits per heavy atom. The van der Waals surface area contributed by atoms with Gasteiger partial charge in [0, 0.05) is 22.0 Å². The molecule has 10 heteroatoms. The van der Waals surface area contributed by atoms with Gasteiger partial charge in [0.05, 0.1) is 32.8 Å². The summed E-state index contributed by atoms with van der Waals surface area (Å²) in [6, 6.07) is 15.1. The van der Waals surface area contributed by atoms with Crippen LogP contribution in [0.3, 0.4) is 0 Å². The lowest BCUT2D eigenvalue weighted by molar-refractivity contribution is -0.385. The normalized spacial score (nSPS) is 11.1. The molecule has 0 radical (unpaired) electrons. The first-order valence-corrected chi connectivity index (χ1v) is 10.1. The van der Waals surface area contributed by atoms with Crippen LogP contribution in [0, 0.1) is 10.1 Å². The van der Waals surface area contributed by atoms with Crippen LogP contribution in [0.4, 0.5) is 5.69 Å². The van der Waals surface area contributed by atoms with Crippen molar-refractivity contribution in [3.05, 3.63) is 86.2 Å². The minimum Gasteiger partial charge on any atom is -0.502 e. The number of carbonyl (C=O) groups excluding carboxylic acids is 1. The SMILES string of the molecule is O=C(N/N=C\c1cc(Cl)cc([N+](=O)[O-])c1O)c1cc(-c2cccs2)nc2ccccc12. The Kier molecular flexibility index (Phi) is 5.61. The summed E-state index contributed by atoms with van der Waals surface area (Å²) < 4.78 is 0. The summed E-state index contributed by atoms with van der Waals surface area (Å²) in [6.07, 6.45) is 1.09. The Labute approximate surface area is 184 Å². The topological polar surface area (TPSA) is 118 Å². The Morgan fingerprint density at radius 1 is 1.23 bits per heavy atom. The third-order valence-electron chi connectivity index (χ3n) is 4.38. The number of hydrogen-bond donors (Lipinski definition) is 2. The lowest BCUT2D eigenvalue weighted by Crippen LogP contribution is -2.18. The van der Waals surface area contributed by atoms with Gasteiger partial charge in [-0.15, -0.1) is 11.3 Å². The first kappa shape index (κ1) is 20.5. The number of fused-ring (bicyclic) bond motifs is 1. The van der Waals surface area contributed by atoms with E-state index in [-0.39, 0.29) is 10.6 Å². The van der Waals surface area contributed by atoms with E-state index in [0.29, 0.717) is 22.2 Å². The van der Waals surface area contributed by atoms with Gasteiger partial charge in [0.2, 0.25) is 5.75 Å². The Morgan fingerprint density at radius 3 is 2.77 bits per heavy atom. The van der Waals surface area contributed by atoms with Gasteiger partial charge in [-0.3, -0.25) is 14.9 Å². The van der Waals surface area contributed by atoms with E-state index >= 15 is 0 Å². The molecule has 4 aromatic rings. The van der Waals surface area contributed by atoms with Gasteiger partial charge in [-0.1, -0.05) is 35.9 Å². The number of para-hydroxylation sites is 1. The maximum Gasteiger partial charge on any atom is 0.312 e. The Bertz CT molecular complexity index is 1340. The predicted octanol–water partition coefficient (Wildman–Crippen LogP) is 4.99. The molecule has 31 heavy (non-hydrogen) atoms. The van der Waals surface area contributed by atoms with Gasteiger partial charge in [0.1, 0.15) is 0 Å². The molecular formula is C21H13ClN4O4S. The van der Waals surface area contributed by atoms with Crippen molar-refractivity contribution >= 4 is 51.6 Å². The van der Waals surface area contributed by atoms with Crippen LogP contribution in [0.5, 0.6) is 5.75 Å². The average Bonchev–Trinajstić information content (AvgIpc) is 3.29. The van der Waals surface area contributed by atoms with E-state index < -0.39 is 22.3 Å². The summed E-state index contributed by atoms with van der Waals surface area (Å²) in [7, 11) is 0. The number of halogens is 1. The number of nitro benzene ring substituents is 1. The zero-order valence-electron chi connectivity index (χ0n) is 15.7. The molecule has 2 N–H and O–H groups in total. The molecule has 154 valence electrons. The van der Waals surface area contributed by atoms with Crippen molar-refractivity contribution in [1.82, 2.24) is 10.4 Å². The second-order valence-electron chi connectivity index (χ2n) is 6.37. The summed E-state index contributed by atoms with van der Waals surface area (Å²) in [5, 5.41) is 27.5. The number of nitrogens with zero attached hydrogens (tertiary/aromatic N) is 3. The molecule has 4 rings (SSSR count). The number of nitro groups is 1. The standard InChI is InChI=1S/C21H13ClN4O4S/c22-13-8-12(20(27)18(9-13)26(29)30)11-23-25-21(28)15-10-17(19-6-3-7-31-19)24-16-5-2-1-4-14(15)16/h1-11,27H,(H,25,28)/b23-11-. The highest BCUT2D eigenvalue weighted by Crippen LogP contribution is 2.32. The highest BCUT2D eigenvalue weighted by molar-refractivity contribution is 7.13. The molecule has 0 saturated carbocycles. The molecule has 0 aliphatic rings. The molecule has 0 saturated heterocycles. The van der Waals surface area contributed by atoms with Gasteiger partial charge in [-0.2, -0.15) is 5.10 Å². The maximum atomic E-state index is 12.9. The first-order valence-electron chi connectivity index (χ1n) is 8.88. The van der Waals surface area contributed by atoms with Gasteiger partial charge in [-0.25, -0.2) is 10.4 Å². The van der Waals surface area contributed by atoms with Gasteiger partial charge in [-0.05, 0) is 29.6 Å². The molecule has 0 fully saturated rings. The van der Waals surface area contributed by atoms with Gasteiger partial charge in [0.15, 0.2) is 0 Å². The number of carbonyl (C=O) groups is 1. The zero-order valence-corrected chi connectivity index (χ0v) is 17.2. The number of aromatic nitrogens is 1. The third-order valence-corrected chi connectivity index (χ3v) is 5.50. The largest absolute Gasteiger partial charge is 0.502 e. The monoisotopic (exact) mass is 452 g/mol. The van der Waals surface area contributed by atoms with Gasteiger partial charge < -0.3 is 5.11 Å². The summed E-state index contributed by atoms with van der Waals surface area (Å²) >= 11 is 7.37. The van der Waals surface area contributed by atoms with E-state index in [2.05, 4.69) is 15.5 Å². The van der Waals surface area contributed by atoms with Crippen molar-refractivity contribution in [2.45, 2.75) is 0 Å². The molecule has 0 unspecified atom stereocenters. The number of benzene rings is 2. The van der Waals surface area contributed by atoms with Crippen LogP contribution in [0.15, 0.2) is 65.1 Å². The predicted molar refractivity (Wildman–Crippen MR) is 120 cm³/mol. The van der Waals surface area contributed by atoms with Crippen molar-refractivity contribution in [2.24, 2.45) is 5.10 Å². The number of phenols is 1. The molecule has 1 amide bonds. The highest BCUT2D eigenvalue weighted by atomic mass is 35.5.